The minimum Gasteiger partial charge on any atom is -0.365 e. The third kappa shape index (κ3) is 5.28. The summed E-state index contributed by atoms with van der Waals surface area (Å²) in [5, 5.41) is 10.8. The SMILES string of the molecule is Cn1cc(C(F)(F)F)nc1-c1ccc(CNc2nc(-c3ccccc3S(C)(=O)=O)ncc2C=N)cc1. The summed E-state index contributed by atoms with van der Waals surface area (Å²) in [6.07, 6.45) is 0.0363. The van der Waals surface area contributed by atoms with E-state index < -0.39 is 21.7 Å². The molecule has 0 atom stereocenters. The van der Waals surface area contributed by atoms with Gasteiger partial charge in [0, 0.05) is 49.6 Å². The van der Waals surface area contributed by atoms with Crippen molar-refractivity contribution in [1.29, 1.82) is 5.41 Å². The number of hydrogen-bond donors (Lipinski definition) is 2. The maximum Gasteiger partial charge on any atom is 0.434 e. The van der Waals surface area contributed by atoms with Gasteiger partial charge in [-0.15, -0.1) is 0 Å². The average Bonchev–Trinajstić information content (AvgIpc) is 3.24. The second kappa shape index (κ2) is 9.53. The number of rotatable bonds is 7. The largest absolute Gasteiger partial charge is 0.434 e. The second-order valence-corrected chi connectivity index (χ2v) is 10.0. The van der Waals surface area contributed by atoms with Crippen molar-refractivity contribution in [3.05, 3.63) is 77.7 Å². The van der Waals surface area contributed by atoms with E-state index in [1.54, 1.807) is 42.5 Å². The number of imidazole rings is 1. The highest BCUT2D eigenvalue weighted by atomic mass is 32.2. The molecule has 186 valence electrons. The van der Waals surface area contributed by atoms with E-state index in [1.165, 1.54) is 23.9 Å². The molecule has 2 aromatic carbocycles. The van der Waals surface area contributed by atoms with Gasteiger partial charge in [-0.2, -0.15) is 13.2 Å². The Morgan fingerprint density at radius 1 is 1.08 bits per heavy atom. The minimum atomic E-state index is -4.52. The maximum absolute atomic E-state index is 13.0. The molecule has 4 aromatic rings. The monoisotopic (exact) mass is 514 g/mol. The molecule has 0 unspecified atom stereocenters. The van der Waals surface area contributed by atoms with E-state index in [1.807, 2.05) is 0 Å². The van der Waals surface area contributed by atoms with Crippen LogP contribution >= 0.6 is 0 Å². The lowest BCUT2D eigenvalue weighted by Crippen LogP contribution is -2.08. The molecule has 0 aliphatic rings. The van der Waals surface area contributed by atoms with Gasteiger partial charge in [-0.25, -0.2) is 23.4 Å². The maximum atomic E-state index is 13.0. The van der Waals surface area contributed by atoms with Crippen LogP contribution in [0.3, 0.4) is 0 Å². The van der Waals surface area contributed by atoms with Gasteiger partial charge in [0.05, 0.1) is 10.5 Å². The Kier molecular flexibility index (Phi) is 6.63. The molecule has 4 rings (SSSR count). The van der Waals surface area contributed by atoms with Gasteiger partial charge in [0.25, 0.3) is 0 Å². The zero-order chi connectivity index (χ0) is 26.1. The van der Waals surface area contributed by atoms with Crippen LogP contribution in [-0.4, -0.2) is 40.4 Å². The van der Waals surface area contributed by atoms with E-state index >= 15 is 0 Å². The number of hydrogen-bond acceptors (Lipinski definition) is 7. The zero-order valence-corrected chi connectivity index (χ0v) is 20.0. The highest BCUT2D eigenvalue weighted by molar-refractivity contribution is 7.90. The smallest absolute Gasteiger partial charge is 0.365 e. The molecule has 0 amide bonds. The first-order valence-corrected chi connectivity index (χ1v) is 12.5. The summed E-state index contributed by atoms with van der Waals surface area (Å²) in [7, 11) is -2.02. The van der Waals surface area contributed by atoms with Gasteiger partial charge in [-0.3, -0.25) is 0 Å². The van der Waals surface area contributed by atoms with Gasteiger partial charge in [0.15, 0.2) is 21.4 Å². The number of anilines is 1. The number of aromatic nitrogens is 4. The van der Waals surface area contributed by atoms with E-state index in [0.717, 1.165) is 24.2 Å². The lowest BCUT2D eigenvalue weighted by Gasteiger charge is -2.12. The molecule has 0 radical (unpaired) electrons. The van der Waals surface area contributed by atoms with Gasteiger partial charge in [0.1, 0.15) is 11.6 Å². The van der Waals surface area contributed by atoms with Crippen molar-refractivity contribution in [3.8, 4) is 22.8 Å². The third-order valence-corrected chi connectivity index (χ3v) is 6.49. The predicted molar refractivity (Wildman–Crippen MR) is 129 cm³/mol. The summed E-state index contributed by atoms with van der Waals surface area (Å²) in [6, 6.07) is 13.2. The lowest BCUT2D eigenvalue weighted by molar-refractivity contribution is -0.140. The molecular weight excluding hydrogens is 493 g/mol. The van der Waals surface area contributed by atoms with E-state index in [-0.39, 0.29) is 16.5 Å². The molecular formula is C24H21F3N6O2S. The van der Waals surface area contributed by atoms with Crippen LogP contribution in [-0.2, 0) is 29.6 Å². The van der Waals surface area contributed by atoms with Crippen LogP contribution in [0, 0.1) is 5.41 Å². The van der Waals surface area contributed by atoms with Crippen LogP contribution in [0.2, 0.25) is 0 Å². The fourth-order valence-corrected chi connectivity index (χ4v) is 4.46. The number of aryl methyl sites for hydroxylation is 1. The van der Waals surface area contributed by atoms with Gasteiger partial charge < -0.3 is 15.3 Å². The Labute approximate surface area is 205 Å². The Hall–Kier alpha value is -4.06. The van der Waals surface area contributed by atoms with Crippen molar-refractivity contribution in [2.24, 2.45) is 7.05 Å². The summed E-state index contributed by atoms with van der Waals surface area (Å²) < 4.78 is 64.6. The Bertz CT molecular complexity index is 1530. The molecule has 0 fully saturated rings. The summed E-state index contributed by atoms with van der Waals surface area (Å²) >= 11 is 0. The number of benzene rings is 2. The molecule has 0 saturated heterocycles. The van der Waals surface area contributed by atoms with Crippen LogP contribution in [0.4, 0.5) is 19.0 Å². The molecule has 0 aliphatic heterocycles. The van der Waals surface area contributed by atoms with Crippen molar-refractivity contribution in [3.63, 3.8) is 0 Å². The summed E-state index contributed by atoms with van der Waals surface area (Å²) in [6.45, 7) is 0.291. The molecule has 8 nitrogen and oxygen atoms in total. The minimum absolute atomic E-state index is 0.0945. The molecule has 36 heavy (non-hydrogen) atoms. The fraction of sp³-hybridized carbons (Fsp3) is 0.167. The zero-order valence-electron chi connectivity index (χ0n) is 19.2. The molecule has 0 spiro atoms. The molecule has 0 bridgehead atoms. The van der Waals surface area contributed by atoms with E-state index in [4.69, 9.17) is 5.41 Å². The van der Waals surface area contributed by atoms with Gasteiger partial charge in [0.2, 0.25) is 0 Å². The molecule has 0 aliphatic carbocycles. The first-order chi connectivity index (χ1) is 17.0. The fourth-order valence-electron chi connectivity index (χ4n) is 3.57. The van der Waals surface area contributed by atoms with Crippen LogP contribution in [0.15, 0.2) is 65.8 Å². The summed E-state index contributed by atoms with van der Waals surface area (Å²) in [4.78, 5) is 12.5. The van der Waals surface area contributed by atoms with Crippen molar-refractivity contribution in [2.75, 3.05) is 11.6 Å². The third-order valence-electron chi connectivity index (χ3n) is 5.34. The lowest BCUT2D eigenvalue weighted by atomic mass is 10.1. The van der Waals surface area contributed by atoms with Crippen LogP contribution < -0.4 is 5.32 Å². The Balaban J connectivity index is 1.57. The Morgan fingerprint density at radius 2 is 1.78 bits per heavy atom. The normalized spacial score (nSPS) is 11.9. The van der Waals surface area contributed by atoms with Crippen molar-refractivity contribution >= 4 is 21.9 Å². The van der Waals surface area contributed by atoms with Crippen molar-refractivity contribution < 1.29 is 21.6 Å². The van der Waals surface area contributed by atoms with E-state index in [9.17, 15) is 21.6 Å². The molecule has 2 heterocycles. The van der Waals surface area contributed by atoms with Crippen molar-refractivity contribution in [1.82, 2.24) is 19.5 Å². The highest BCUT2D eigenvalue weighted by Crippen LogP contribution is 2.31. The van der Waals surface area contributed by atoms with Crippen LogP contribution in [0.1, 0.15) is 16.8 Å². The van der Waals surface area contributed by atoms with Crippen LogP contribution in [0.25, 0.3) is 22.8 Å². The first-order valence-electron chi connectivity index (χ1n) is 10.6. The summed E-state index contributed by atoms with van der Waals surface area (Å²) in [5.74, 6) is 0.717. The van der Waals surface area contributed by atoms with E-state index in [2.05, 4.69) is 20.3 Å². The highest BCUT2D eigenvalue weighted by Gasteiger charge is 2.34. The number of alkyl halides is 3. The molecule has 0 saturated carbocycles. The van der Waals surface area contributed by atoms with E-state index in [0.29, 0.717) is 29.1 Å². The topological polar surface area (TPSA) is 114 Å². The number of nitrogens with one attached hydrogen (secondary N) is 2. The van der Waals surface area contributed by atoms with Crippen molar-refractivity contribution in [2.45, 2.75) is 17.6 Å². The van der Waals surface area contributed by atoms with Gasteiger partial charge >= 0.3 is 6.18 Å². The standard InChI is InChI=1S/C24H21F3N6O2S/c1-33-14-20(24(25,26)27)31-23(33)16-9-7-15(8-10-16)12-29-21-17(11-28)13-30-22(32-21)18-5-3-4-6-19(18)36(2,34)35/h3-11,13-14,28H,12H2,1-2H3,(H,29,30,32). The number of sulfone groups is 1. The molecule has 2 aromatic heterocycles. The van der Waals surface area contributed by atoms with Gasteiger partial charge in [-0.1, -0.05) is 36.4 Å². The average molecular weight is 515 g/mol. The van der Waals surface area contributed by atoms with Gasteiger partial charge in [-0.05, 0) is 17.7 Å². The number of halogens is 3. The number of nitrogens with zero attached hydrogens (tertiary/aromatic N) is 4. The molecule has 12 heteroatoms. The predicted octanol–water partition coefficient (Wildman–Crippen LogP) is 4.58. The second-order valence-electron chi connectivity index (χ2n) is 8.02. The Morgan fingerprint density at radius 3 is 2.39 bits per heavy atom. The summed E-state index contributed by atoms with van der Waals surface area (Å²) in [5.41, 5.74) is 1.12. The molecule has 2 N–H and O–H groups in total. The quantitative estimate of drug-likeness (QED) is 0.349. The first kappa shape index (κ1) is 25.0. The van der Waals surface area contributed by atoms with Crippen LogP contribution in [0.5, 0.6) is 0 Å².